The van der Waals surface area contributed by atoms with Crippen LogP contribution in [0.2, 0.25) is 5.02 Å². The minimum atomic E-state index is -3.80. The number of anilines is 2. The minimum absolute atomic E-state index is 0.134. The Morgan fingerprint density at radius 1 is 1.02 bits per heavy atom. The Kier molecular flexibility index (Phi) is 8.94. The summed E-state index contributed by atoms with van der Waals surface area (Å²) in [5, 5.41) is 3.61. The highest BCUT2D eigenvalue weighted by Gasteiger charge is 2.21. The van der Waals surface area contributed by atoms with E-state index >= 15 is 0 Å². The van der Waals surface area contributed by atoms with Crippen LogP contribution in [0.5, 0.6) is 11.6 Å². The first-order valence-electron chi connectivity index (χ1n) is 12.5. The Morgan fingerprint density at radius 3 is 2.32 bits per heavy atom. The average Bonchev–Trinajstić information content (AvgIpc) is 2.91. The second-order valence-electron chi connectivity index (χ2n) is 9.54. The lowest BCUT2D eigenvalue weighted by Crippen LogP contribution is -2.44. The Morgan fingerprint density at radius 2 is 1.71 bits per heavy atom. The molecule has 0 saturated heterocycles. The summed E-state index contributed by atoms with van der Waals surface area (Å²) in [4.78, 5) is 43.1. The van der Waals surface area contributed by atoms with Gasteiger partial charge in [0.2, 0.25) is 21.8 Å². The summed E-state index contributed by atoms with van der Waals surface area (Å²) in [6, 6.07) is 19.0. The number of nitrogens with zero attached hydrogens (tertiary/aromatic N) is 3. The lowest BCUT2D eigenvalue weighted by molar-refractivity contribution is -0.123. The fourth-order valence-electron chi connectivity index (χ4n) is 3.85. The maximum atomic E-state index is 13.6. The van der Waals surface area contributed by atoms with Gasteiger partial charge in [-0.3, -0.25) is 23.4 Å². The third-order valence-corrected chi connectivity index (χ3v) is 6.78. The van der Waals surface area contributed by atoms with Gasteiger partial charge in [0.25, 0.3) is 5.56 Å². The van der Waals surface area contributed by atoms with Crippen LogP contribution in [-0.4, -0.2) is 34.7 Å². The van der Waals surface area contributed by atoms with Gasteiger partial charge in [-0.15, -0.1) is 0 Å². The van der Waals surface area contributed by atoms with Crippen LogP contribution in [0.1, 0.15) is 18.1 Å². The summed E-state index contributed by atoms with van der Waals surface area (Å²) in [5.74, 6) is -0.672. The Hall–Kier alpha value is -4.42. The number of amides is 1. The summed E-state index contributed by atoms with van der Waals surface area (Å²) in [7, 11) is -3.80. The molecular formula is C28H28ClN5O6S. The van der Waals surface area contributed by atoms with Crippen molar-refractivity contribution in [3.8, 4) is 11.6 Å². The molecule has 2 aromatic carbocycles. The van der Waals surface area contributed by atoms with E-state index in [1.54, 1.807) is 36.4 Å². The van der Waals surface area contributed by atoms with Crippen molar-refractivity contribution < 1.29 is 17.9 Å². The van der Waals surface area contributed by atoms with Gasteiger partial charge < -0.3 is 10.1 Å². The number of rotatable bonds is 10. The molecule has 0 radical (unpaired) electrons. The second kappa shape index (κ2) is 12.4. The quantitative estimate of drug-likeness (QED) is 0.282. The molecule has 0 aliphatic carbocycles. The number of carbonyl (C=O) groups excluding carboxylic acids is 1. The zero-order chi connectivity index (χ0) is 29.7. The van der Waals surface area contributed by atoms with Crippen LogP contribution in [0.3, 0.4) is 0 Å². The molecule has 2 heterocycles. The molecule has 4 aromatic rings. The van der Waals surface area contributed by atoms with Crippen molar-refractivity contribution in [2.75, 3.05) is 11.6 Å². The van der Waals surface area contributed by atoms with Gasteiger partial charge in [0.15, 0.2) is 0 Å². The highest BCUT2D eigenvalue weighted by molar-refractivity contribution is 7.89. The monoisotopic (exact) mass is 597 g/mol. The van der Waals surface area contributed by atoms with Crippen molar-refractivity contribution in [3.63, 3.8) is 0 Å². The number of ether oxygens (including phenoxy) is 1. The predicted molar refractivity (Wildman–Crippen MR) is 156 cm³/mol. The molecule has 0 bridgehead atoms. The SMILES string of the molecule is Cc1ccc(Cn2c(Nc3ccc(Oc4ccc(Cl)cn4)cc3)cc(=O)n(C[C@H](C)C(=O)NS(C)(=O)=O)c2=O)cc1. The summed E-state index contributed by atoms with van der Waals surface area (Å²) < 4.78 is 32.8. The van der Waals surface area contributed by atoms with Gasteiger partial charge in [0.05, 0.1) is 23.7 Å². The third kappa shape index (κ3) is 8.05. The molecule has 0 saturated carbocycles. The van der Waals surface area contributed by atoms with Crippen LogP contribution in [0.4, 0.5) is 11.5 Å². The van der Waals surface area contributed by atoms with E-state index in [1.165, 1.54) is 23.8 Å². The number of pyridine rings is 1. The molecule has 0 spiro atoms. The molecular weight excluding hydrogens is 570 g/mol. The lowest BCUT2D eigenvalue weighted by Gasteiger charge is -2.18. The van der Waals surface area contributed by atoms with Gasteiger partial charge in [0, 0.05) is 30.6 Å². The van der Waals surface area contributed by atoms with E-state index in [9.17, 15) is 22.8 Å². The molecule has 214 valence electrons. The number of aryl methyl sites for hydroxylation is 1. The highest BCUT2D eigenvalue weighted by Crippen LogP contribution is 2.24. The van der Waals surface area contributed by atoms with E-state index in [1.807, 2.05) is 35.9 Å². The number of carbonyl (C=O) groups is 1. The largest absolute Gasteiger partial charge is 0.439 e. The van der Waals surface area contributed by atoms with Gasteiger partial charge >= 0.3 is 5.69 Å². The highest BCUT2D eigenvalue weighted by atomic mass is 35.5. The fraction of sp³-hybridized carbons (Fsp3) is 0.214. The van der Waals surface area contributed by atoms with Gasteiger partial charge in [-0.2, -0.15) is 0 Å². The predicted octanol–water partition coefficient (Wildman–Crippen LogP) is 3.66. The zero-order valence-corrected chi connectivity index (χ0v) is 24.1. The minimum Gasteiger partial charge on any atom is -0.439 e. The molecule has 0 aliphatic heterocycles. The first kappa shape index (κ1) is 29.6. The van der Waals surface area contributed by atoms with Gasteiger partial charge in [-0.1, -0.05) is 48.4 Å². The molecule has 0 fully saturated rings. The topological polar surface area (TPSA) is 141 Å². The Balaban J connectivity index is 1.64. The van der Waals surface area contributed by atoms with Crippen LogP contribution >= 0.6 is 11.6 Å². The third-order valence-electron chi connectivity index (χ3n) is 5.98. The summed E-state index contributed by atoms with van der Waals surface area (Å²) >= 11 is 5.86. The zero-order valence-electron chi connectivity index (χ0n) is 22.5. The van der Waals surface area contributed by atoms with Crippen molar-refractivity contribution in [3.05, 3.63) is 110 Å². The molecule has 11 nitrogen and oxygen atoms in total. The first-order valence-corrected chi connectivity index (χ1v) is 14.7. The van der Waals surface area contributed by atoms with Crippen molar-refractivity contribution >= 4 is 39.0 Å². The van der Waals surface area contributed by atoms with E-state index in [2.05, 4.69) is 10.3 Å². The number of halogens is 1. The van der Waals surface area contributed by atoms with Crippen molar-refractivity contribution in [1.82, 2.24) is 18.8 Å². The van der Waals surface area contributed by atoms with Crippen LogP contribution in [0, 0.1) is 12.8 Å². The number of benzene rings is 2. The van der Waals surface area contributed by atoms with Crippen LogP contribution in [-0.2, 0) is 27.9 Å². The number of aromatic nitrogens is 3. The van der Waals surface area contributed by atoms with Crippen molar-refractivity contribution in [2.24, 2.45) is 5.92 Å². The lowest BCUT2D eigenvalue weighted by atomic mass is 10.1. The average molecular weight is 598 g/mol. The van der Waals surface area contributed by atoms with E-state index in [0.717, 1.165) is 21.9 Å². The smallest absolute Gasteiger partial charge is 0.332 e. The van der Waals surface area contributed by atoms with Crippen molar-refractivity contribution in [1.29, 1.82) is 0 Å². The second-order valence-corrected chi connectivity index (χ2v) is 11.7. The summed E-state index contributed by atoms with van der Waals surface area (Å²) in [5.41, 5.74) is 1.13. The van der Waals surface area contributed by atoms with Gasteiger partial charge in [-0.05, 0) is 42.8 Å². The van der Waals surface area contributed by atoms with E-state index in [4.69, 9.17) is 16.3 Å². The van der Waals surface area contributed by atoms with E-state index in [-0.39, 0.29) is 18.9 Å². The molecule has 2 N–H and O–H groups in total. The van der Waals surface area contributed by atoms with Crippen molar-refractivity contribution in [2.45, 2.75) is 26.9 Å². The maximum absolute atomic E-state index is 13.6. The number of sulfonamides is 1. The summed E-state index contributed by atoms with van der Waals surface area (Å²) in [6.07, 6.45) is 2.33. The number of nitrogens with one attached hydrogen (secondary N) is 2. The number of hydrogen-bond acceptors (Lipinski definition) is 8. The van der Waals surface area contributed by atoms with E-state index < -0.39 is 33.1 Å². The van der Waals surface area contributed by atoms with Gasteiger partial charge in [0.1, 0.15) is 11.6 Å². The van der Waals surface area contributed by atoms with Crippen LogP contribution in [0.15, 0.2) is 82.5 Å². The van der Waals surface area contributed by atoms with Crippen LogP contribution < -0.4 is 26.0 Å². The first-order chi connectivity index (χ1) is 19.4. The Labute approximate surface area is 241 Å². The molecule has 41 heavy (non-hydrogen) atoms. The maximum Gasteiger partial charge on any atom is 0.332 e. The fourth-order valence-corrected chi connectivity index (χ4v) is 4.53. The molecule has 4 rings (SSSR count). The Bertz CT molecular complexity index is 1770. The molecule has 2 aromatic heterocycles. The normalized spacial score (nSPS) is 12.0. The standard InChI is InChI=1S/C28H28ClN5O6S/c1-18-4-6-20(7-5-18)17-33-24(14-26(35)34(28(33)37)16-19(2)27(36)32-41(3,38)39)31-22-9-11-23(12-10-22)40-25-13-8-21(29)15-30-25/h4-15,19,31H,16-17H2,1-3H3,(H,32,36)/t19-/m0/s1. The molecule has 1 amide bonds. The summed E-state index contributed by atoms with van der Waals surface area (Å²) in [6.45, 7) is 3.21. The number of hydrogen-bond donors (Lipinski definition) is 2. The molecule has 0 unspecified atom stereocenters. The van der Waals surface area contributed by atoms with Gasteiger partial charge in [-0.25, -0.2) is 18.2 Å². The molecule has 0 aliphatic rings. The van der Waals surface area contributed by atoms with Crippen LogP contribution in [0.25, 0.3) is 0 Å². The molecule has 13 heteroatoms. The molecule has 1 atom stereocenters. The van der Waals surface area contributed by atoms with E-state index in [0.29, 0.717) is 22.3 Å².